The summed E-state index contributed by atoms with van der Waals surface area (Å²) in [5, 5.41) is 7.79. The smallest absolute Gasteiger partial charge is 0.119 e. The van der Waals surface area contributed by atoms with Crippen LogP contribution in [0.1, 0.15) is 25.1 Å². The number of rotatable bonds is 6. The van der Waals surface area contributed by atoms with E-state index in [1.54, 1.807) is 7.11 Å². The van der Waals surface area contributed by atoms with Gasteiger partial charge in [0.25, 0.3) is 0 Å². The Morgan fingerprint density at radius 2 is 2.16 bits per heavy atom. The molecular weight excluding hydrogens is 238 g/mol. The molecule has 0 aliphatic heterocycles. The largest absolute Gasteiger partial charge is 0.497 e. The minimum Gasteiger partial charge on any atom is -0.497 e. The predicted molar refractivity (Wildman–Crippen MR) is 76.3 cm³/mol. The fourth-order valence-electron chi connectivity index (χ4n) is 1.91. The highest BCUT2D eigenvalue weighted by molar-refractivity contribution is 5.28. The van der Waals surface area contributed by atoms with Crippen LogP contribution in [0, 0.1) is 0 Å². The Kier molecular flexibility index (Phi) is 4.58. The number of aromatic nitrogens is 2. The van der Waals surface area contributed by atoms with Crippen molar-refractivity contribution in [1.82, 2.24) is 15.1 Å². The lowest BCUT2D eigenvalue weighted by Gasteiger charge is -2.11. The van der Waals surface area contributed by atoms with Crippen molar-refractivity contribution in [2.24, 2.45) is 0 Å². The van der Waals surface area contributed by atoms with Crippen LogP contribution in [0.25, 0.3) is 0 Å². The van der Waals surface area contributed by atoms with Crippen molar-refractivity contribution in [2.45, 2.75) is 33.0 Å². The third kappa shape index (κ3) is 3.83. The van der Waals surface area contributed by atoms with Crippen LogP contribution in [0.15, 0.2) is 36.5 Å². The van der Waals surface area contributed by atoms with E-state index in [0.29, 0.717) is 6.04 Å². The quantitative estimate of drug-likeness (QED) is 0.866. The molecule has 0 aliphatic carbocycles. The number of methoxy groups -OCH3 is 1. The molecule has 0 unspecified atom stereocenters. The molecule has 4 heteroatoms. The number of nitrogens with one attached hydrogen (secondary N) is 1. The summed E-state index contributed by atoms with van der Waals surface area (Å²) in [6, 6.07) is 10.6. The summed E-state index contributed by atoms with van der Waals surface area (Å²) in [5.41, 5.74) is 2.38. The molecule has 0 saturated carbocycles. The Bertz CT molecular complexity index is 520. The van der Waals surface area contributed by atoms with Crippen molar-refractivity contribution in [1.29, 1.82) is 0 Å². The third-order valence-electron chi connectivity index (χ3n) is 2.96. The zero-order valence-corrected chi connectivity index (χ0v) is 11.8. The van der Waals surface area contributed by atoms with Crippen LogP contribution in [0.4, 0.5) is 0 Å². The molecule has 0 radical (unpaired) electrons. The van der Waals surface area contributed by atoms with Crippen LogP contribution < -0.4 is 10.1 Å². The highest BCUT2D eigenvalue weighted by Crippen LogP contribution is 2.14. The summed E-state index contributed by atoms with van der Waals surface area (Å²) in [6.07, 6.45) is 1.84. The van der Waals surface area contributed by atoms with Crippen LogP contribution in [-0.4, -0.2) is 22.9 Å². The minimum atomic E-state index is 0.472. The van der Waals surface area contributed by atoms with E-state index in [1.165, 1.54) is 11.3 Å². The van der Waals surface area contributed by atoms with Crippen molar-refractivity contribution in [3.63, 3.8) is 0 Å². The number of hydrogen-bond donors (Lipinski definition) is 1. The van der Waals surface area contributed by atoms with Crippen molar-refractivity contribution in [3.8, 4) is 5.75 Å². The molecule has 0 fully saturated rings. The van der Waals surface area contributed by atoms with Crippen molar-refractivity contribution < 1.29 is 4.74 Å². The third-order valence-corrected chi connectivity index (χ3v) is 2.96. The van der Waals surface area contributed by atoms with Gasteiger partial charge in [0.15, 0.2) is 0 Å². The molecule has 19 heavy (non-hydrogen) atoms. The lowest BCUT2D eigenvalue weighted by Crippen LogP contribution is -2.23. The van der Waals surface area contributed by atoms with Crippen LogP contribution in [0.2, 0.25) is 0 Å². The molecule has 4 nitrogen and oxygen atoms in total. The van der Waals surface area contributed by atoms with Crippen LogP contribution in [0.3, 0.4) is 0 Å². The molecule has 0 aliphatic rings. The molecule has 1 aromatic heterocycles. The molecule has 0 spiro atoms. The van der Waals surface area contributed by atoms with Gasteiger partial charge in [0.1, 0.15) is 5.75 Å². The fourth-order valence-corrected chi connectivity index (χ4v) is 1.91. The SMILES string of the molecule is COc1cccc(Cn2nccc2CNC(C)C)c1. The Balaban J connectivity index is 2.08. The Morgan fingerprint density at radius 3 is 2.89 bits per heavy atom. The maximum Gasteiger partial charge on any atom is 0.119 e. The predicted octanol–water partition coefficient (Wildman–Crippen LogP) is 2.44. The summed E-state index contributed by atoms with van der Waals surface area (Å²) >= 11 is 0. The lowest BCUT2D eigenvalue weighted by atomic mass is 10.2. The first-order valence-electron chi connectivity index (χ1n) is 6.56. The van der Waals surface area contributed by atoms with Gasteiger partial charge in [-0.15, -0.1) is 0 Å². The number of benzene rings is 1. The molecule has 0 bridgehead atoms. The van der Waals surface area contributed by atoms with E-state index in [4.69, 9.17) is 4.74 Å². The molecule has 1 N–H and O–H groups in total. The Hall–Kier alpha value is -1.81. The summed E-state index contributed by atoms with van der Waals surface area (Å²) in [6.45, 7) is 5.88. The second kappa shape index (κ2) is 6.38. The van der Waals surface area contributed by atoms with Crippen molar-refractivity contribution >= 4 is 0 Å². The molecule has 0 amide bonds. The molecule has 1 aromatic carbocycles. The lowest BCUT2D eigenvalue weighted by molar-refractivity contribution is 0.414. The van der Waals surface area contributed by atoms with E-state index in [-0.39, 0.29) is 0 Å². The highest BCUT2D eigenvalue weighted by Gasteiger charge is 2.04. The first kappa shape index (κ1) is 13.6. The molecule has 102 valence electrons. The fraction of sp³-hybridized carbons (Fsp3) is 0.400. The molecular formula is C15H21N3O. The van der Waals surface area contributed by atoms with Gasteiger partial charge in [-0.25, -0.2) is 0 Å². The average molecular weight is 259 g/mol. The standard InChI is InChI=1S/C15H21N3O/c1-12(2)16-10-14-7-8-17-18(14)11-13-5-4-6-15(9-13)19-3/h4-9,12,16H,10-11H2,1-3H3. The zero-order chi connectivity index (χ0) is 13.7. The van der Waals surface area contributed by atoms with E-state index in [2.05, 4.69) is 36.4 Å². The summed E-state index contributed by atoms with van der Waals surface area (Å²) < 4.78 is 7.26. The van der Waals surface area contributed by atoms with E-state index in [9.17, 15) is 0 Å². The van der Waals surface area contributed by atoms with Crippen LogP contribution in [-0.2, 0) is 13.1 Å². The van der Waals surface area contributed by atoms with E-state index >= 15 is 0 Å². The topological polar surface area (TPSA) is 39.1 Å². The van der Waals surface area contributed by atoms with E-state index in [1.807, 2.05) is 29.1 Å². The van der Waals surface area contributed by atoms with Gasteiger partial charge in [-0.2, -0.15) is 5.10 Å². The monoisotopic (exact) mass is 259 g/mol. The molecule has 2 rings (SSSR count). The van der Waals surface area contributed by atoms with E-state index < -0.39 is 0 Å². The van der Waals surface area contributed by atoms with Crippen molar-refractivity contribution in [2.75, 3.05) is 7.11 Å². The number of hydrogen-bond acceptors (Lipinski definition) is 3. The first-order chi connectivity index (χ1) is 9.19. The Morgan fingerprint density at radius 1 is 1.32 bits per heavy atom. The Labute approximate surface area is 114 Å². The second-order valence-corrected chi connectivity index (χ2v) is 4.87. The maximum atomic E-state index is 5.24. The zero-order valence-electron chi connectivity index (χ0n) is 11.8. The van der Waals surface area contributed by atoms with Gasteiger partial charge >= 0.3 is 0 Å². The van der Waals surface area contributed by atoms with Gasteiger partial charge in [0.05, 0.1) is 19.3 Å². The van der Waals surface area contributed by atoms with Gasteiger partial charge in [0.2, 0.25) is 0 Å². The first-order valence-corrected chi connectivity index (χ1v) is 6.56. The summed E-state index contributed by atoms with van der Waals surface area (Å²) in [5.74, 6) is 0.881. The van der Waals surface area contributed by atoms with Gasteiger partial charge in [-0.3, -0.25) is 4.68 Å². The van der Waals surface area contributed by atoms with Crippen LogP contribution in [0.5, 0.6) is 5.75 Å². The van der Waals surface area contributed by atoms with Gasteiger partial charge in [0, 0.05) is 18.8 Å². The van der Waals surface area contributed by atoms with Crippen molar-refractivity contribution in [3.05, 3.63) is 47.8 Å². The summed E-state index contributed by atoms with van der Waals surface area (Å²) in [7, 11) is 1.69. The highest BCUT2D eigenvalue weighted by atomic mass is 16.5. The maximum absolute atomic E-state index is 5.24. The molecule has 0 atom stereocenters. The van der Waals surface area contributed by atoms with Gasteiger partial charge in [-0.05, 0) is 23.8 Å². The van der Waals surface area contributed by atoms with Gasteiger partial charge in [-0.1, -0.05) is 26.0 Å². The van der Waals surface area contributed by atoms with E-state index in [0.717, 1.165) is 18.8 Å². The average Bonchev–Trinajstić information content (AvgIpc) is 2.84. The normalized spacial score (nSPS) is 10.9. The molecule has 1 heterocycles. The molecule has 0 saturated heterocycles. The molecule has 2 aromatic rings. The van der Waals surface area contributed by atoms with Crippen LogP contribution >= 0.6 is 0 Å². The number of ether oxygens (including phenoxy) is 1. The summed E-state index contributed by atoms with van der Waals surface area (Å²) in [4.78, 5) is 0. The second-order valence-electron chi connectivity index (χ2n) is 4.87. The minimum absolute atomic E-state index is 0.472. The number of nitrogens with zero attached hydrogens (tertiary/aromatic N) is 2. The van der Waals surface area contributed by atoms with Gasteiger partial charge < -0.3 is 10.1 Å².